The maximum atomic E-state index is 12.8. The van der Waals surface area contributed by atoms with Crippen LogP contribution in [0.25, 0.3) is 0 Å². The minimum atomic E-state index is -3.02. The van der Waals surface area contributed by atoms with Crippen molar-refractivity contribution in [2.24, 2.45) is 17.3 Å². The van der Waals surface area contributed by atoms with Crippen LogP contribution in [0.1, 0.15) is 38.5 Å². The molecule has 4 aliphatic carbocycles. The van der Waals surface area contributed by atoms with Gasteiger partial charge in [-0.2, -0.15) is 8.78 Å². The van der Waals surface area contributed by atoms with E-state index >= 15 is 0 Å². The summed E-state index contributed by atoms with van der Waals surface area (Å²) in [5.41, 5.74) is -1.43. The molecule has 2 unspecified atom stereocenters. The van der Waals surface area contributed by atoms with Crippen LogP contribution < -0.4 is 10.1 Å². The quantitative estimate of drug-likeness (QED) is 0.723. The Morgan fingerprint density at radius 2 is 1.86 bits per heavy atom. The van der Waals surface area contributed by atoms with Crippen LogP contribution in [0.3, 0.4) is 0 Å². The highest BCUT2D eigenvalue weighted by atomic mass is 19.3. The Hall–Kier alpha value is -2.22. The number of anilines is 1. The minimum Gasteiger partial charge on any atom is -0.455 e. The Morgan fingerprint density at radius 3 is 2.50 bits per heavy atom. The molecule has 4 fully saturated rings. The van der Waals surface area contributed by atoms with Crippen molar-refractivity contribution in [1.29, 1.82) is 0 Å². The number of para-hydroxylation sites is 2. The number of hydrogen-bond acceptors (Lipinski definition) is 5. The zero-order valence-electron chi connectivity index (χ0n) is 15.3. The number of rotatable bonds is 6. The van der Waals surface area contributed by atoms with Crippen molar-refractivity contribution in [3.05, 3.63) is 24.3 Å². The average Bonchev–Trinajstić information content (AvgIpc) is 2.59. The Kier molecular flexibility index (Phi) is 4.77. The summed E-state index contributed by atoms with van der Waals surface area (Å²) in [7, 11) is 0. The summed E-state index contributed by atoms with van der Waals surface area (Å²) in [6, 6.07) is 5.80. The molecule has 0 aromatic heterocycles. The van der Waals surface area contributed by atoms with Gasteiger partial charge in [0.1, 0.15) is 5.75 Å². The normalized spacial score (nSPS) is 33.0. The third kappa shape index (κ3) is 3.70. The van der Waals surface area contributed by atoms with Crippen LogP contribution in [0.2, 0.25) is 0 Å². The van der Waals surface area contributed by atoms with E-state index < -0.39 is 36.1 Å². The molecule has 1 amide bonds. The molecular formula is C20H23F2NO5. The van der Waals surface area contributed by atoms with E-state index in [2.05, 4.69) is 10.1 Å². The van der Waals surface area contributed by atoms with E-state index in [4.69, 9.17) is 4.74 Å². The van der Waals surface area contributed by atoms with Gasteiger partial charge in [-0.15, -0.1) is 0 Å². The fourth-order valence-corrected chi connectivity index (χ4v) is 5.69. The van der Waals surface area contributed by atoms with Crippen molar-refractivity contribution >= 4 is 17.6 Å². The number of alkyl halides is 2. The van der Waals surface area contributed by atoms with Gasteiger partial charge >= 0.3 is 12.6 Å². The Bertz CT molecular complexity index is 770. The van der Waals surface area contributed by atoms with Crippen molar-refractivity contribution < 1.29 is 33.0 Å². The molecular weight excluding hydrogens is 372 g/mol. The molecule has 152 valence electrons. The molecule has 0 saturated heterocycles. The maximum absolute atomic E-state index is 12.8. The van der Waals surface area contributed by atoms with E-state index in [-0.39, 0.29) is 11.4 Å². The second kappa shape index (κ2) is 6.99. The fraction of sp³-hybridized carbons (Fsp3) is 0.600. The zero-order chi connectivity index (χ0) is 19.9. The largest absolute Gasteiger partial charge is 0.455 e. The molecule has 0 radical (unpaired) electrons. The molecule has 1 aromatic carbocycles. The Labute approximate surface area is 161 Å². The van der Waals surface area contributed by atoms with Gasteiger partial charge in [0.05, 0.1) is 16.7 Å². The summed E-state index contributed by atoms with van der Waals surface area (Å²) in [4.78, 5) is 24.9. The van der Waals surface area contributed by atoms with Crippen LogP contribution in [0.4, 0.5) is 14.5 Å². The van der Waals surface area contributed by atoms with Crippen molar-refractivity contribution in [3.8, 4) is 5.75 Å². The molecule has 0 heterocycles. The number of hydrogen-bond donors (Lipinski definition) is 2. The van der Waals surface area contributed by atoms with Crippen LogP contribution >= 0.6 is 0 Å². The third-order valence-electron chi connectivity index (χ3n) is 6.17. The second-order valence-electron chi connectivity index (χ2n) is 8.46. The SMILES string of the molecule is O=C(COC(=O)C12C[C@@H]3C[C@@H](CC(O)(C3)C1)C2)Nc1ccccc1OC(F)F. The van der Waals surface area contributed by atoms with Crippen molar-refractivity contribution in [3.63, 3.8) is 0 Å². The van der Waals surface area contributed by atoms with Gasteiger partial charge in [-0.25, -0.2) is 0 Å². The number of ether oxygens (including phenoxy) is 2. The predicted molar refractivity (Wildman–Crippen MR) is 94.7 cm³/mol. The number of benzene rings is 1. The molecule has 5 rings (SSSR count). The average molecular weight is 395 g/mol. The minimum absolute atomic E-state index is 0.0768. The highest BCUT2D eigenvalue weighted by Gasteiger charge is 2.60. The van der Waals surface area contributed by atoms with Gasteiger partial charge in [0.2, 0.25) is 0 Å². The molecule has 8 heteroatoms. The highest BCUT2D eigenvalue weighted by molar-refractivity contribution is 5.94. The molecule has 2 N–H and O–H groups in total. The molecule has 4 atom stereocenters. The van der Waals surface area contributed by atoms with E-state index in [0.29, 0.717) is 31.1 Å². The van der Waals surface area contributed by atoms with Gasteiger partial charge in [-0.3, -0.25) is 9.59 Å². The van der Waals surface area contributed by atoms with E-state index in [1.54, 1.807) is 6.07 Å². The number of amides is 1. The van der Waals surface area contributed by atoms with E-state index in [9.17, 15) is 23.5 Å². The lowest BCUT2D eigenvalue weighted by Crippen LogP contribution is -2.58. The predicted octanol–water partition coefficient (Wildman–Crippen LogP) is 3.10. The number of nitrogens with one attached hydrogen (secondary N) is 1. The van der Waals surface area contributed by atoms with Crippen molar-refractivity contribution in [2.75, 3.05) is 11.9 Å². The molecule has 4 saturated carbocycles. The number of esters is 1. The zero-order valence-corrected chi connectivity index (χ0v) is 15.3. The summed E-state index contributed by atoms with van der Waals surface area (Å²) in [6.45, 7) is -3.53. The summed E-state index contributed by atoms with van der Waals surface area (Å²) in [5.74, 6) is -0.605. The molecule has 28 heavy (non-hydrogen) atoms. The first-order valence-electron chi connectivity index (χ1n) is 9.50. The Morgan fingerprint density at radius 1 is 1.18 bits per heavy atom. The highest BCUT2D eigenvalue weighted by Crippen LogP contribution is 2.61. The van der Waals surface area contributed by atoms with Gasteiger partial charge < -0.3 is 19.9 Å². The standard InChI is InChI=1S/C20H23F2NO5/c21-18(22)28-15-4-2-1-3-14(15)23-16(24)10-27-17(25)19-6-12-5-13(7-19)9-20(26,8-12)11-19/h1-4,12-13,18,26H,5-11H2,(H,23,24)/t12-,13+,19?,20?. The molecule has 0 aliphatic heterocycles. The Balaban J connectivity index is 1.36. The van der Waals surface area contributed by atoms with Crippen LogP contribution in [0, 0.1) is 17.3 Å². The topological polar surface area (TPSA) is 84.9 Å². The summed E-state index contributed by atoms with van der Waals surface area (Å²) >= 11 is 0. The second-order valence-corrected chi connectivity index (χ2v) is 8.46. The van der Waals surface area contributed by atoms with Crippen molar-refractivity contribution in [1.82, 2.24) is 0 Å². The lowest BCUT2D eigenvalue weighted by Gasteiger charge is -2.58. The molecule has 4 aliphatic rings. The first kappa shape index (κ1) is 19.1. The lowest BCUT2D eigenvalue weighted by atomic mass is 9.48. The van der Waals surface area contributed by atoms with Gasteiger partial charge in [0.25, 0.3) is 5.91 Å². The van der Waals surface area contributed by atoms with E-state index in [1.807, 2.05) is 0 Å². The van der Waals surface area contributed by atoms with Crippen LogP contribution in [-0.2, 0) is 14.3 Å². The summed E-state index contributed by atoms with van der Waals surface area (Å²) in [5, 5.41) is 13.2. The number of aliphatic hydroxyl groups is 1. The van der Waals surface area contributed by atoms with Crippen molar-refractivity contribution in [2.45, 2.75) is 50.7 Å². The summed E-state index contributed by atoms with van der Waals surface area (Å²) in [6.07, 6.45) is 4.28. The third-order valence-corrected chi connectivity index (χ3v) is 6.17. The van der Waals surface area contributed by atoms with Gasteiger partial charge in [-0.05, 0) is 62.5 Å². The first-order valence-corrected chi connectivity index (χ1v) is 9.50. The molecule has 1 aromatic rings. The van der Waals surface area contributed by atoms with Gasteiger partial charge in [0, 0.05) is 0 Å². The summed E-state index contributed by atoms with van der Waals surface area (Å²) < 4.78 is 34.6. The fourth-order valence-electron chi connectivity index (χ4n) is 5.69. The number of carbonyl (C=O) groups is 2. The lowest BCUT2D eigenvalue weighted by molar-refractivity contribution is -0.196. The monoisotopic (exact) mass is 395 g/mol. The van der Waals surface area contributed by atoms with Crippen LogP contribution in [-0.4, -0.2) is 35.8 Å². The molecule has 0 spiro atoms. The smallest absolute Gasteiger partial charge is 0.387 e. The van der Waals surface area contributed by atoms with E-state index in [1.165, 1.54) is 18.2 Å². The van der Waals surface area contributed by atoms with Gasteiger partial charge in [0.15, 0.2) is 6.61 Å². The maximum Gasteiger partial charge on any atom is 0.387 e. The number of halogens is 2. The molecule has 4 bridgehead atoms. The van der Waals surface area contributed by atoms with E-state index in [0.717, 1.165) is 19.3 Å². The van der Waals surface area contributed by atoms with Gasteiger partial charge in [-0.1, -0.05) is 12.1 Å². The number of carbonyl (C=O) groups excluding carboxylic acids is 2. The van der Waals surface area contributed by atoms with Crippen LogP contribution in [0.5, 0.6) is 5.75 Å². The van der Waals surface area contributed by atoms with Crippen LogP contribution in [0.15, 0.2) is 24.3 Å². The first-order chi connectivity index (χ1) is 13.3. The molecule has 6 nitrogen and oxygen atoms in total.